The van der Waals surface area contributed by atoms with Crippen molar-refractivity contribution in [3.63, 3.8) is 0 Å². The Labute approximate surface area is 119 Å². The molecule has 1 aromatic carbocycles. The molecular formula is C11H6Br2ClFS. The summed E-state index contributed by atoms with van der Waals surface area (Å²) < 4.78 is 14.8. The zero-order valence-electron chi connectivity index (χ0n) is 7.88. The minimum atomic E-state index is -0.266. The number of alkyl halides is 1. The lowest BCUT2D eigenvalue weighted by Gasteiger charge is -2.08. The van der Waals surface area contributed by atoms with Crippen LogP contribution in [-0.2, 0) is 0 Å². The Kier molecular flexibility index (Phi) is 4.06. The van der Waals surface area contributed by atoms with E-state index in [0.717, 1.165) is 18.7 Å². The van der Waals surface area contributed by atoms with Crippen LogP contribution in [0.2, 0.25) is 0 Å². The van der Waals surface area contributed by atoms with Gasteiger partial charge in [-0.1, -0.05) is 12.1 Å². The summed E-state index contributed by atoms with van der Waals surface area (Å²) >= 11 is 14.8. The molecular weight excluding hydrogens is 378 g/mol. The van der Waals surface area contributed by atoms with Gasteiger partial charge in [0.2, 0.25) is 0 Å². The van der Waals surface area contributed by atoms with Crippen molar-refractivity contribution in [2.75, 3.05) is 0 Å². The van der Waals surface area contributed by atoms with E-state index in [0.29, 0.717) is 0 Å². The molecule has 1 aromatic heterocycles. The summed E-state index contributed by atoms with van der Waals surface area (Å²) in [6, 6.07) is 8.20. The van der Waals surface area contributed by atoms with Gasteiger partial charge in [-0.15, -0.1) is 22.9 Å². The van der Waals surface area contributed by atoms with Crippen LogP contribution in [0.15, 0.2) is 37.9 Å². The summed E-state index contributed by atoms with van der Waals surface area (Å²) in [5.74, 6) is -0.252. The largest absolute Gasteiger partial charge is 0.207 e. The van der Waals surface area contributed by atoms with Gasteiger partial charge in [-0.3, -0.25) is 0 Å². The molecule has 1 atom stereocenters. The molecule has 2 rings (SSSR count). The molecule has 84 valence electrons. The van der Waals surface area contributed by atoms with E-state index < -0.39 is 0 Å². The van der Waals surface area contributed by atoms with Gasteiger partial charge >= 0.3 is 0 Å². The Morgan fingerprint density at radius 3 is 2.31 bits per heavy atom. The Hall–Kier alpha value is 0.1000. The SMILES string of the molecule is Fc1ccc(C(Cl)c2cc(Br)sc2Br)cc1. The van der Waals surface area contributed by atoms with Gasteiger partial charge in [-0.2, -0.15) is 0 Å². The van der Waals surface area contributed by atoms with Crippen LogP contribution in [0.1, 0.15) is 16.5 Å². The lowest BCUT2D eigenvalue weighted by Crippen LogP contribution is -1.92. The van der Waals surface area contributed by atoms with Crippen molar-refractivity contribution in [1.29, 1.82) is 0 Å². The van der Waals surface area contributed by atoms with Gasteiger partial charge < -0.3 is 0 Å². The number of hydrogen-bond donors (Lipinski definition) is 0. The van der Waals surface area contributed by atoms with E-state index >= 15 is 0 Å². The molecule has 0 aliphatic carbocycles. The van der Waals surface area contributed by atoms with E-state index in [1.54, 1.807) is 23.5 Å². The van der Waals surface area contributed by atoms with Crippen LogP contribution >= 0.6 is 54.8 Å². The van der Waals surface area contributed by atoms with Crippen molar-refractivity contribution in [3.05, 3.63) is 54.8 Å². The molecule has 0 spiro atoms. The quantitative estimate of drug-likeness (QED) is 0.579. The van der Waals surface area contributed by atoms with Crippen molar-refractivity contribution < 1.29 is 4.39 Å². The summed E-state index contributed by atoms with van der Waals surface area (Å²) in [4.78, 5) is 0. The van der Waals surface area contributed by atoms with Gasteiger partial charge in [0.15, 0.2) is 0 Å². The first kappa shape index (κ1) is 12.6. The van der Waals surface area contributed by atoms with Crippen molar-refractivity contribution in [2.45, 2.75) is 5.38 Å². The van der Waals surface area contributed by atoms with E-state index in [1.807, 2.05) is 6.07 Å². The molecule has 0 saturated carbocycles. The summed E-state index contributed by atoms with van der Waals surface area (Å²) in [5, 5.41) is -0.266. The highest BCUT2D eigenvalue weighted by Crippen LogP contribution is 2.40. The van der Waals surface area contributed by atoms with Gasteiger partial charge in [-0.25, -0.2) is 4.39 Å². The Bertz CT molecular complexity index is 495. The zero-order valence-corrected chi connectivity index (χ0v) is 12.6. The van der Waals surface area contributed by atoms with E-state index in [4.69, 9.17) is 11.6 Å². The molecule has 0 aliphatic rings. The first-order valence-corrected chi connectivity index (χ1v) is 7.26. The highest BCUT2D eigenvalue weighted by atomic mass is 79.9. The first-order valence-electron chi connectivity index (χ1n) is 4.42. The monoisotopic (exact) mass is 382 g/mol. The number of benzene rings is 1. The molecule has 0 fully saturated rings. The molecule has 16 heavy (non-hydrogen) atoms. The van der Waals surface area contributed by atoms with E-state index in [9.17, 15) is 4.39 Å². The lowest BCUT2D eigenvalue weighted by atomic mass is 10.1. The third-order valence-corrected chi connectivity index (χ3v) is 4.99. The fourth-order valence-corrected chi connectivity index (χ4v) is 4.75. The van der Waals surface area contributed by atoms with Crippen molar-refractivity contribution in [1.82, 2.24) is 0 Å². The summed E-state index contributed by atoms with van der Waals surface area (Å²) in [6.07, 6.45) is 0. The normalized spacial score (nSPS) is 12.8. The van der Waals surface area contributed by atoms with Gasteiger partial charge in [-0.05, 0) is 55.6 Å². The molecule has 0 amide bonds. The molecule has 0 aliphatic heterocycles. The number of hydrogen-bond acceptors (Lipinski definition) is 1. The third-order valence-electron chi connectivity index (χ3n) is 2.12. The fourth-order valence-electron chi connectivity index (χ4n) is 1.34. The van der Waals surface area contributed by atoms with Gasteiger partial charge in [0.25, 0.3) is 0 Å². The predicted octanol–water partition coefficient (Wildman–Crippen LogP) is 5.74. The smallest absolute Gasteiger partial charge is 0.123 e. The van der Waals surface area contributed by atoms with Gasteiger partial charge in [0.1, 0.15) is 5.82 Å². The molecule has 1 unspecified atom stereocenters. The summed E-state index contributed by atoms with van der Waals surface area (Å²) in [6.45, 7) is 0. The standard InChI is InChI=1S/C11H6Br2ClFS/c12-9-5-8(11(13)16-9)10(14)6-1-3-7(15)4-2-6/h1-5,10H. The highest BCUT2D eigenvalue weighted by molar-refractivity contribution is 9.12. The zero-order chi connectivity index (χ0) is 11.7. The maximum Gasteiger partial charge on any atom is 0.123 e. The van der Waals surface area contributed by atoms with Gasteiger partial charge in [0.05, 0.1) is 12.9 Å². The van der Waals surface area contributed by atoms with Crippen molar-refractivity contribution >= 4 is 54.8 Å². The average molecular weight is 384 g/mol. The molecule has 0 N–H and O–H groups in total. The van der Waals surface area contributed by atoms with Crippen molar-refractivity contribution in [3.8, 4) is 0 Å². The lowest BCUT2D eigenvalue weighted by molar-refractivity contribution is 0.627. The summed E-state index contributed by atoms with van der Waals surface area (Å²) in [7, 11) is 0. The predicted molar refractivity (Wildman–Crippen MR) is 73.8 cm³/mol. The third kappa shape index (κ3) is 2.67. The van der Waals surface area contributed by atoms with Crippen LogP contribution in [0.25, 0.3) is 0 Å². The summed E-state index contributed by atoms with van der Waals surface area (Å²) in [5.41, 5.74) is 1.87. The van der Waals surface area contributed by atoms with E-state index in [2.05, 4.69) is 31.9 Å². The second-order valence-corrected chi connectivity index (χ2v) is 7.38. The van der Waals surface area contributed by atoms with Crippen LogP contribution in [0, 0.1) is 5.82 Å². The van der Waals surface area contributed by atoms with Crippen LogP contribution in [0.3, 0.4) is 0 Å². The first-order chi connectivity index (χ1) is 7.58. The molecule has 0 radical (unpaired) electrons. The Balaban J connectivity index is 2.35. The van der Waals surface area contributed by atoms with E-state index in [1.165, 1.54) is 12.1 Å². The second-order valence-electron chi connectivity index (χ2n) is 3.19. The van der Waals surface area contributed by atoms with Crippen LogP contribution in [0.4, 0.5) is 4.39 Å². The minimum Gasteiger partial charge on any atom is -0.207 e. The van der Waals surface area contributed by atoms with Crippen molar-refractivity contribution in [2.24, 2.45) is 0 Å². The molecule has 0 bridgehead atoms. The molecule has 1 heterocycles. The number of halogens is 4. The average Bonchev–Trinajstić information content (AvgIpc) is 2.58. The molecule has 5 heteroatoms. The minimum absolute atomic E-state index is 0.252. The maximum absolute atomic E-state index is 12.8. The molecule has 2 aromatic rings. The maximum atomic E-state index is 12.8. The molecule has 0 saturated heterocycles. The second kappa shape index (κ2) is 5.17. The topological polar surface area (TPSA) is 0 Å². The highest BCUT2D eigenvalue weighted by Gasteiger charge is 2.16. The number of thiophene rings is 1. The van der Waals surface area contributed by atoms with Gasteiger partial charge in [0, 0.05) is 5.56 Å². The molecule has 0 nitrogen and oxygen atoms in total. The number of rotatable bonds is 2. The van der Waals surface area contributed by atoms with Crippen LogP contribution < -0.4 is 0 Å². The Morgan fingerprint density at radius 2 is 1.81 bits per heavy atom. The van der Waals surface area contributed by atoms with Crippen LogP contribution in [-0.4, -0.2) is 0 Å². The Morgan fingerprint density at radius 1 is 1.19 bits per heavy atom. The van der Waals surface area contributed by atoms with E-state index in [-0.39, 0.29) is 11.2 Å². The van der Waals surface area contributed by atoms with Crippen LogP contribution in [0.5, 0.6) is 0 Å². The fraction of sp³-hybridized carbons (Fsp3) is 0.0909.